The van der Waals surface area contributed by atoms with Crippen LogP contribution in [0.5, 0.6) is 11.6 Å². The molecule has 0 saturated heterocycles. The summed E-state index contributed by atoms with van der Waals surface area (Å²) < 4.78 is 12.6. The smallest absolute Gasteiger partial charge is 0.288 e. The summed E-state index contributed by atoms with van der Waals surface area (Å²) in [6.07, 6.45) is 0. The molecule has 0 atom stereocenters. The molecule has 11 nitrogen and oxygen atoms in total. The number of rotatable bonds is 8. The molecule has 33 heavy (non-hydrogen) atoms. The number of para-hydroxylation sites is 1. The van der Waals surface area contributed by atoms with Gasteiger partial charge in [-0.2, -0.15) is 4.52 Å². The van der Waals surface area contributed by atoms with Gasteiger partial charge in [0.15, 0.2) is 11.5 Å². The first kappa shape index (κ1) is 22.0. The number of halogens is 1. The van der Waals surface area contributed by atoms with Crippen LogP contribution in [0.3, 0.4) is 0 Å². The van der Waals surface area contributed by atoms with Gasteiger partial charge in [-0.1, -0.05) is 23.7 Å². The van der Waals surface area contributed by atoms with E-state index in [9.17, 15) is 14.9 Å². The molecule has 0 spiro atoms. The zero-order valence-corrected chi connectivity index (χ0v) is 18.0. The minimum Gasteiger partial charge on any atom is -0.496 e. The van der Waals surface area contributed by atoms with Gasteiger partial charge in [0.1, 0.15) is 17.4 Å². The summed E-state index contributed by atoms with van der Waals surface area (Å²) in [5.74, 6) is 0.935. The van der Waals surface area contributed by atoms with E-state index < -0.39 is 10.8 Å². The van der Waals surface area contributed by atoms with Gasteiger partial charge in [0.05, 0.1) is 24.1 Å². The minimum absolute atomic E-state index is 0.0390. The fourth-order valence-corrected chi connectivity index (χ4v) is 3.25. The molecule has 2 heterocycles. The van der Waals surface area contributed by atoms with E-state index >= 15 is 0 Å². The Morgan fingerprint density at radius 2 is 2.00 bits per heavy atom. The van der Waals surface area contributed by atoms with Crippen LogP contribution in [0, 0.1) is 10.1 Å². The van der Waals surface area contributed by atoms with Crippen molar-refractivity contribution in [2.45, 2.75) is 0 Å². The molecular weight excluding hydrogens is 452 g/mol. The van der Waals surface area contributed by atoms with Gasteiger partial charge < -0.3 is 14.8 Å². The first-order valence-corrected chi connectivity index (χ1v) is 10.1. The first-order valence-electron chi connectivity index (χ1n) is 9.68. The molecule has 2 aromatic carbocycles. The molecule has 0 bridgehead atoms. The number of methoxy groups -OCH3 is 1. The van der Waals surface area contributed by atoms with Gasteiger partial charge in [0.25, 0.3) is 11.6 Å². The standard InChI is InChI=1S/C21H17ClN6O5/c1-32-17-5-3-2-4-14(17)20-25-24-18-8-9-19(26-27(18)20)33-11-10-23-21(29)13-6-7-15(22)16(12-13)28(30)31/h2-9,12H,10-11H2,1H3,(H,23,29). The Morgan fingerprint density at radius 1 is 1.18 bits per heavy atom. The van der Waals surface area contributed by atoms with Crippen molar-refractivity contribution in [3.8, 4) is 23.0 Å². The van der Waals surface area contributed by atoms with E-state index in [-0.39, 0.29) is 29.4 Å². The highest BCUT2D eigenvalue weighted by Crippen LogP contribution is 2.28. The molecule has 0 aliphatic rings. The quantitative estimate of drug-likeness (QED) is 0.237. The van der Waals surface area contributed by atoms with Gasteiger partial charge in [-0.15, -0.1) is 15.3 Å². The van der Waals surface area contributed by atoms with E-state index in [4.69, 9.17) is 21.1 Å². The van der Waals surface area contributed by atoms with Crippen molar-refractivity contribution in [2.24, 2.45) is 0 Å². The van der Waals surface area contributed by atoms with Crippen molar-refractivity contribution in [1.29, 1.82) is 0 Å². The zero-order chi connectivity index (χ0) is 23.4. The van der Waals surface area contributed by atoms with Crippen LogP contribution in [0.4, 0.5) is 5.69 Å². The highest BCUT2D eigenvalue weighted by Gasteiger charge is 2.17. The molecule has 0 fully saturated rings. The molecule has 1 N–H and O–H groups in total. The number of nitro groups is 1. The number of ether oxygens (including phenoxy) is 2. The lowest BCUT2D eigenvalue weighted by Crippen LogP contribution is -2.28. The summed E-state index contributed by atoms with van der Waals surface area (Å²) in [6.45, 7) is 0.266. The Balaban J connectivity index is 1.42. The highest BCUT2D eigenvalue weighted by atomic mass is 35.5. The maximum Gasteiger partial charge on any atom is 0.288 e. The molecule has 1 amide bonds. The number of aromatic nitrogens is 4. The number of benzene rings is 2. The van der Waals surface area contributed by atoms with Crippen LogP contribution in [-0.2, 0) is 0 Å². The van der Waals surface area contributed by atoms with Crippen LogP contribution >= 0.6 is 11.6 Å². The number of nitrogens with zero attached hydrogens (tertiary/aromatic N) is 5. The summed E-state index contributed by atoms with van der Waals surface area (Å²) in [7, 11) is 1.57. The van der Waals surface area contributed by atoms with E-state index in [2.05, 4.69) is 20.6 Å². The lowest BCUT2D eigenvalue weighted by atomic mass is 10.2. The number of amides is 1. The number of carbonyl (C=O) groups excluding carboxylic acids is 1. The minimum atomic E-state index is -0.645. The van der Waals surface area contributed by atoms with Crippen molar-refractivity contribution in [3.63, 3.8) is 0 Å². The Kier molecular flexibility index (Phi) is 6.31. The van der Waals surface area contributed by atoms with E-state index in [1.54, 1.807) is 23.8 Å². The number of nitro benzene ring substituents is 1. The highest BCUT2D eigenvalue weighted by molar-refractivity contribution is 6.32. The second-order valence-corrected chi connectivity index (χ2v) is 7.10. The van der Waals surface area contributed by atoms with Gasteiger partial charge >= 0.3 is 0 Å². The van der Waals surface area contributed by atoms with E-state index in [0.29, 0.717) is 23.1 Å². The maximum absolute atomic E-state index is 12.3. The molecule has 0 unspecified atom stereocenters. The Morgan fingerprint density at radius 3 is 2.79 bits per heavy atom. The monoisotopic (exact) mass is 468 g/mol. The van der Waals surface area contributed by atoms with Gasteiger partial charge in [-0.3, -0.25) is 14.9 Å². The fraction of sp³-hybridized carbons (Fsp3) is 0.143. The molecule has 12 heteroatoms. The molecular formula is C21H17ClN6O5. The third kappa shape index (κ3) is 4.67. The molecule has 0 aliphatic heterocycles. The van der Waals surface area contributed by atoms with E-state index in [1.165, 1.54) is 12.1 Å². The summed E-state index contributed by atoms with van der Waals surface area (Å²) in [4.78, 5) is 22.6. The third-order valence-electron chi connectivity index (χ3n) is 4.63. The van der Waals surface area contributed by atoms with Crippen LogP contribution in [0.1, 0.15) is 10.4 Å². The van der Waals surface area contributed by atoms with E-state index in [1.807, 2.05) is 24.3 Å². The summed E-state index contributed by atoms with van der Waals surface area (Å²) in [5, 5.41) is 26.3. The van der Waals surface area contributed by atoms with Gasteiger partial charge in [-0.05, 0) is 30.3 Å². The summed E-state index contributed by atoms with van der Waals surface area (Å²) in [5.41, 5.74) is 1.04. The van der Waals surface area contributed by atoms with Gasteiger partial charge in [0, 0.05) is 17.7 Å². The Labute approximate surface area is 192 Å². The molecule has 0 aliphatic carbocycles. The molecule has 0 radical (unpaired) electrons. The average molecular weight is 469 g/mol. The predicted octanol–water partition coefficient (Wildman–Crippen LogP) is 3.17. The topological polar surface area (TPSA) is 134 Å². The number of fused-ring (bicyclic) bond motifs is 1. The molecule has 4 rings (SSSR count). The van der Waals surface area contributed by atoms with Crippen molar-refractivity contribution >= 4 is 28.8 Å². The summed E-state index contributed by atoms with van der Waals surface area (Å²) in [6, 6.07) is 14.6. The average Bonchev–Trinajstić information content (AvgIpc) is 3.24. The number of nitrogens with one attached hydrogen (secondary N) is 1. The Bertz CT molecular complexity index is 1340. The second kappa shape index (κ2) is 9.49. The summed E-state index contributed by atoms with van der Waals surface area (Å²) >= 11 is 5.77. The van der Waals surface area contributed by atoms with Crippen molar-refractivity contribution < 1.29 is 19.2 Å². The maximum atomic E-state index is 12.3. The molecule has 4 aromatic rings. The fourth-order valence-electron chi connectivity index (χ4n) is 3.06. The van der Waals surface area contributed by atoms with Crippen molar-refractivity contribution in [1.82, 2.24) is 25.1 Å². The largest absolute Gasteiger partial charge is 0.496 e. The third-order valence-corrected chi connectivity index (χ3v) is 4.95. The van der Waals surface area contributed by atoms with Crippen molar-refractivity contribution in [3.05, 3.63) is 75.3 Å². The lowest BCUT2D eigenvalue weighted by molar-refractivity contribution is -0.384. The molecule has 168 valence electrons. The molecule has 0 saturated carbocycles. The Hall–Kier alpha value is -4.25. The first-order chi connectivity index (χ1) is 16.0. The van der Waals surface area contributed by atoms with Crippen LogP contribution in [0.15, 0.2) is 54.6 Å². The lowest BCUT2D eigenvalue weighted by Gasteiger charge is -2.09. The van der Waals surface area contributed by atoms with Crippen LogP contribution in [0.25, 0.3) is 17.0 Å². The van der Waals surface area contributed by atoms with Gasteiger partial charge in [-0.25, -0.2) is 0 Å². The van der Waals surface area contributed by atoms with E-state index in [0.717, 1.165) is 11.6 Å². The zero-order valence-electron chi connectivity index (χ0n) is 17.3. The van der Waals surface area contributed by atoms with Crippen LogP contribution < -0.4 is 14.8 Å². The van der Waals surface area contributed by atoms with Gasteiger partial charge in [0.2, 0.25) is 5.88 Å². The van der Waals surface area contributed by atoms with Crippen LogP contribution in [0.2, 0.25) is 5.02 Å². The normalized spacial score (nSPS) is 10.7. The van der Waals surface area contributed by atoms with Crippen molar-refractivity contribution in [2.75, 3.05) is 20.3 Å². The van der Waals surface area contributed by atoms with Crippen LogP contribution in [-0.4, -0.2) is 50.9 Å². The molecule has 2 aromatic heterocycles. The number of carbonyl (C=O) groups is 1. The predicted molar refractivity (Wildman–Crippen MR) is 119 cm³/mol. The number of hydrogen-bond acceptors (Lipinski definition) is 8. The number of hydrogen-bond donors (Lipinski definition) is 1. The SMILES string of the molecule is COc1ccccc1-c1nnc2ccc(OCCNC(=O)c3ccc(Cl)c([N+](=O)[O-])c3)nn12. The second-order valence-electron chi connectivity index (χ2n) is 6.69.